The summed E-state index contributed by atoms with van der Waals surface area (Å²) in [5.74, 6) is -1.42. The minimum Gasteiger partial charge on any atom is -0.386 e. The van der Waals surface area contributed by atoms with Crippen molar-refractivity contribution in [3.05, 3.63) is 24.3 Å². The number of carbonyl (C=O) groups excluding carboxylic acids is 2. The van der Waals surface area contributed by atoms with E-state index in [4.69, 9.17) is 0 Å². The van der Waals surface area contributed by atoms with Crippen LogP contribution >= 0.6 is 0 Å². The van der Waals surface area contributed by atoms with E-state index in [1.54, 1.807) is 0 Å². The van der Waals surface area contributed by atoms with Gasteiger partial charge in [0.05, 0.1) is 0 Å². The molecule has 5 heteroatoms. The van der Waals surface area contributed by atoms with Crippen LogP contribution in [0, 0.1) is 0 Å². The van der Waals surface area contributed by atoms with Crippen molar-refractivity contribution in [2.24, 2.45) is 0 Å². The largest absolute Gasteiger partial charge is 0.386 e. The predicted molar refractivity (Wildman–Crippen MR) is 49.3 cm³/mol. The molecule has 0 saturated carbocycles. The van der Waals surface area contributed by atoms with Gasteiger partial charge in [-0.1, -0.05) is 13.2 Å². The molecular formula is C8H12MgO3Zn. The van der Waals surface area contributed by atoms with Crippen LogP contribution in [0.5, 0.6) is 0 Å². The van der Waals surface area contributed by atoms with E-state index in [0.29, 0.717) is 0 Å². The van der Waals surface area contributed by atoms with Gasteiger partial charge in [0.1, 0.15) is 0 Å². The van der Waals surface area contributed by atoms with Crippen molar-refractivity contribution < 1.29 is 33.8 Å². The Morgan fingerprint density at radius 2 is 1.23 bits per heavy atom. The molecule has 0 aromatic carbocycles. The first kappa shape index (κ1) is 18.7. The third kappa shape index (κ3) is 8.34. The Bertz CT molecular complexity index is 212. The Balaban J connectivity index is -0.000000500. The molecule has 0 atom stereocenters. The van der Waals surface area contributed by atoms with E-state index in [1.165, 1.54) is 13.8 Å². The summed E-state index contributed by atoms with van der Waals surface area (Å²) in [7, 11) is 0. The van der Waals surface area contributed by atoms with E-state index < -0.39 is 11.9 Å². The van der Waals surface area contributed by atoms with Crippen LogP contribution in [0.4, 0.5) is 0 Å². The Morgan fingerprint density at radius 3 is 1.38 bits per heavy atom. The van der Waals surface area contributed by atoms with Gasteiger partial charge in [-0.15, -0.1) is 0 Å². The van der Waals surface area contributed by atoms with Gasteiger partial charge in [0.25, 0.3) is 0 Å². The minimum absolute atomic E-state index is 0. The molecule has 0 aromatic rings. The maximum Gasteiger partial charge on any atom is 0.340 e. The van der Waals surface area contributed by atoms with Gasteiger partial charge in [-0.2, -0.15) is 0 Å². The normalized spacial score (nSPS) is 7.23. The second-order valence-electron chi connectivity index (χ2n) is 2.24. The molecule has 0 aliphatic rings. The van der Waals surface area contributed by atoms with Crippen LogP contribution in [0.15, 0.2) is 24.3 Å². The van der Waals surface area contributed by atoms with Gasteiger partial charge in [-0.25, -0.2) is 9.59 Å². The molecule has 0 unspecified atom stereocenters. The summed E-state index contributed by atoms with van der Waals surface area (Å²) in [5, 5.41) is 0. The first-order chi connectivity index (χ1) is 4.95. The van der Waals surface area contributed by atoms with Crippen molar-refractivity contribution >= 4 is 35.0 Å². The average Bonchev–Trinajstić information content (AvgIpc) is 1.87. The fourth-order valence-corrected chi connectivity index (χ4v) is 0.258. The summed E-state index contributed by atoms with van der Waals surface area (Å²) in [5.41, 5.74) is 0.388. The van der Waals surface area contributed by atoms with E-state index in [9.17, 15) is 9.59 Å². The van der Waals surface area contributed by atoms with Gasteiger partial charge in [0.15, 0.2) is 0 Å². The smallest absolute Gasteiger partial charge is 0.340 e. The second kappa shape index (κ2) is 8.60. The molecule has 0 spiro atoms. The quantitative estimate of drug-likeness (QED) is 0.304. The van der Waals surface area contributed by atoms with Gasteiger partial charge < -0.3 is 4.74 Å². The summed E-state index contributed by atoms with van der Waals surface area (Å²) in [6.45, 7) is 9.55. The van der Waals surface area contributed by atoms with Crippen LogP contribution in [0.25, 0.3) is 0 Å². The standard InChI is InChI=1S/C8H10O3.Mg.Zn.2H/c1-5(2)7(9)11-8(10)6(3)4;;;;/h1,3H2,2,4H3;;;;. The summed E-state index contributed by atoms with van der Waals surface area (Å²) >= 11 is 0. The molecule has 0 amide bonds. The van der Waals surface area contributed by atoms with E-state index in [2.05, 4.69) is 17.9 Å². The van der Waals surface area contributed by atoms with Crippen LogP contribution in [0.2, 0.25) is 0 Å². The summed E-state index contributed by atoms with van der Waals surface area (Å²) in [6.07, 6.45) is 0. The molecule has 3 nitrogen and oxygen atoms in total. The molecule has 0 saturated heterocycles. The molecule has 0 rings (SSSR count). The maximum absolute atomic E-state index is 10.7. The number of carbonyl (C=O) groups is 2. The zero-order chi connectivity index (χ0) is 9.02. The zero-order valence-corrected chi connectivity index (χ0v) is 10.3. The van der Waals surface area contributed by atoms with Crippen molar-refractivity contribution in [3.8, 4) is 0 Å². The number of esters is 2. The van der Waals surface area contributed by atoms with Crippen molar-refractivity contribution in [1.29, 1.82) is 0 Å². The summed E-state index contributed by atoms with van der Waals surface area (Å²) in [4.78, 5) is 21.3. The van der Waals surface area contributed by atoms with Crippen LogP contribution in [0.3, 0.4) is 0 Å². The van der Waals surface area contributed by atoms with Gasteiger partial charge >= 0.3 is 35.0 Å². The van der Waals surface area contributed by atoms with Gasteiger partial charge in [0, 0.05) is 30.6 Å². The zero-order valence-electron chi connectivity index (χ0n) is 7.35. The second-order valence-corrected chi connectivity index (χ2v) is 2.24. The van der Waals surface area contributed by atoms with Crippen molar-refractivity contribution in [2.75, 3.05) is 0 Å². The molecule has 0 aliphatic heterocycles. The fraction of sp³-hybridized carbons (Fsp3) is 0.250. The van der Waals surface area contributed by atoms with E-state index in [1.807, 2.05) is 0 Å². The van der Waals surface area contributed by atoms with E-state index >= 15 is 0 Å². The molecule has 0 heterocycles. The minimum atomic E-state index is -0.710. The summed E-state index contributed by atoms with van der Waals surface area (Å²) < 4.78 is 4.30. The Labute approximate surface area is 107 Å². The molecule has 66 valence electrons. The SMILES string of the molecule is C=C(C)C(=O)OC(=O)C(=C)C.[MgH2].[Zn]. The molecule has 0 bridgehead atoms. The first-order valence-electron chi connectivity index (χ1n) is 3.02. The van der Waals surface area contributed by atoms with Crippen LogP contribution in [-0.4, -0.2) is 35.0 Å². The van der Waals surface area contributed by atoms with Gasteiger partial charge in [0.2, 0.25) is 0 Å². The fourth-order valence-electron chi connectivity index (χ4n) is 0.258. The summed E-state index contributed by atoms with van der Waals surface area (Å²) in [6, 6.07) is 0. The van der Waals surface area contributed by atoms with Crippen molar-refractivity contribution in [2.45, 2.75) is 13.8 Å². The van der Waals surface area contributed by atoms with Gasteiger partial charge in [-0.05, 0) is 13.8 Å². The van der Waals surface area contributed by atoms with Crippen LogP contribution in [0.1, 0.15) is 13.8 Å². The maximum atomic E-state index is 10.7. The Morgan fingerprint density at radius 1 is 1.00 bits per heavy atom. The van der Waals surface area contributed by atoms with Crippen LogP contribution < -0.4 is 0 Å². The molecule has 0 aliphatic carbocycles. The number of rotatable bonds is 2. The average molecular weight is 246 g/mol. The van der Waals surface area contributed by atoms with E-state index in [-0.39, 0.29) is 53.7 Å². The molecule has 0 fully saturated rings. The van der Waals surface area contributed by atoms with E-state index in [0.717, 1.165) is 0 Å². The molecule has 0 aromatic heterocycles. The molecule has 13 heavy (non-hydrogen) atoms. The Hall–Kier alpha value is 0.00961. The number of hydrogen-bond acceptors (Lipinski definition) is 3. The van der Waals surface area contributed by atoms with Crippen molar-refractivity contribution in [1.82, 2.24) is 0 Å². The van der Waals surface area contributed by atoms with Gasteiger partial charge in [-0.3, -0.25) is 0 Å². The van der Waals surface area contributed by atoms with Crippen molar-refractivity contribution in [3.63, 3.8) is 0 Å². The Kier molecular flexibility index (Phi) is 12.4. The third-order valence-electron chi connectivity index (χ3n) is 0.882. The molecule has 0 N–H and O–H groups in total. The predicted octanol–water partition coefficient (Wildman–Crippen LogP) is 0.290. The van der Waals surface area contributed by atoms with Crippen LogP contribution in [-0.2, 0) is 33.8 Å². The first-order valence-corrected chi connectivity index (χ1v) is 3.02. The number of ether oxygens (including phenoxy) is 1. The number of hydrogen-bond donors (Lipinski definition) is 0. The topological polar surface area (TPSA) is 43.4 Å². The third-order valence-corrected chi connectivity index (χ3v) is 0.882. The molecule has 0 radical (unpaired) electrons. The molecular weight excluding hydrogens is 234 g/mol. The monoisotopic (exact) mass is 244 g/mol.